The molecule has 6 heteroatoms. The fourth-order valence-corrected chi connectivity index (χ4v) is 3.80. The highest BCUT2D eigenvalue weighted by Gasteiger charge is 2.20. The summed E-state index contributed by atoms with van der Waals surface area (Å²) < 4.78 is 4.74. The lowest BCUT2D eigenvalue weighted by atomic mass is 10.2. The molecule has 4 nitrogen and oxygen atoms in total. The predicted octanol–water partition coefficient (Wildman–Crippen LogP) is 3.89. The van der Waals surface area contributed by atoms with Gasteiger partial charge in [-0.2, -0.15) is 0 Å². The van der Waals surface area contributed by atoms with Crippen molar-refractivity contribution in [2.75, 3.05) is 7.11 Å². The van der Waals surface area contributed by atoms with Crippen LogP contribution < -0.4 is 5.32 Å². The molecule has 122 valence electrons. The average molecular weight is 349 g/mol. The zero-order chi connectivity index (χ0) is 16.8. The topological polar surface area (TPSA) is 55.4 Å². The molecular weight excluding hydrogens is 330 g/mol. The van der Waals surface area contributed by atoms with E-state index < -0.39 is 0 Å². The van der Waals surface area contributed by atoms with E-state index in [4.69, 9.17) is 4.74 Å². The highest BCUT2D eigenvalue weighted by molar-refractivity contribution is 8.00. The molecule has 0 unspecified atom stereocenters. The Morgan fingerprint density at radius 2 is 1.91 bits per heavy atom. The number of hydrogen-bond donors (Lipinski definition) is 1. The van der Waals surface area contributed by atoms with Crippen molar-refractivity contribution in [1.82, 2.24) is 5.32 Å². The normalized spacial score (nSPS) is 13.2. The van der Waals surface area contributed by atoms with Crippen LogP contribution in [-0.2, 0) is 9.53 Å². The largest absolute Gasteiger partial charge is 0.468 e. The van der Waals surface area contributed by atoms with Crippen molar-refractivity contribution in [2.45, 2.75) is 30.0 Å². The Balaban J connectivity index is 2.12. The van der Waals surface area contributed by atoms with E-state index in [9.17, 15) is 9.59 Å². The smallest absolute Gasteiger partial charge is 0.318 e. The second kappa shape index (κ2) is 8.17. The molecule has 1 amide bonds. The molecule has 1 N–H and O–H groups in total. The Morgan fingerprint density at radius 1 is 1.17 bits per heavy atom. The van der Waals surface area contributed by atoms with Crippen LogP contribution in [0, 0.1) is 0 Å². The lowest BCUT2D eigenvalue weighted by Crippen LogP contribution is -2.27. The van der Waals surface area contributed by atoms with Crippen LogP contribution in [0.1, 0.15) is 35.1 Å². The van der Waals surface area contributed by atoms with Gasteiger partial charge in [0.1, 0.15) is 5.25 Å². The molecule has 0 radical (unpaired) electrons. The highest BCUT2D eigenvalue weighted by atomic mass is 32.2. The number of nitrogens with one attached hydrogen (secondary N) is 1. The fraction of sp³-hybridized carbons (Fsp3) is 0.294. The standard InChI is InChI=1S/C17H19NO3S2/c1-11(14-9-6-10-22-14)18-16(19)13-7-4-5-8-15(13)23-12(2)17(20)21-3/h4-12H,1-3H3,(H,18,19)/t11-,12-/m0/s1. The number of carbonyl (C=O) groups is 2. The third kappa shape index (κ3) is 4.59. The second-order valence-electron chi connectivity index (χ2n) is 4.99. The molecule has 0 saturated carbocycles. The predicted molar refractivity (Wildman–Crippen MR) is 94.0 cm³/mol. The van der Waals surface area contributed by atoms with Crippen molar-refractivity contribution in [3.05, 3.63) is 52.2 Å². The molecule has 2 atom stereocenters. The summed E-state index contributed by atoms with van der Waals surface area (Å²) in [6, 6.07) is 11.2. The van der Waals surface area contributed by atoms with E-state index >= 15 is 0 Å². The van der Waals surface area contributed by atoms with Gasteiger partial charge in [0, 0.05) is 9.77 Å². The van der Waals surface area contributed by atoms with Crippen LogP contribution in [-0.4, -0.2) is 24.2 Å². The van der Waals surface area contributed by atoms with Gasteiger partial charge in [-0.25, -0.2) is 0 Å². The Bertz CT molecular complexity index is 670. The van der Waals surface area contributed by atoms with Crippen molar-refractivity contribution < 1.29 is 14.3 Å². The number of amides is 1. The number of carbonyl (C=O) groups excluding carboxylic acids is 2. The van der Waals surface area contributed by atoms with E-state index in [-0.39, 0.29) is 23.2 Å². The highest BCUT2D eigenvalue weighted by Crippen LogP contribution is 2.28. The summed E-state index contributed by atoms with van der Waals surface area (Å²) in [4.78, 5) is 26.0. The number of rotatable bonds is 6. The molecule has 1 aromatic heterocycles. The van der Waals surface area contributed by atoms with Crippen LogP contribution in [0.15, 0.2) is 46.7 Å². The Hall–Kier alpha value is -1.79. The van der Waals surface area contributed by atoms with Crippen LogP contribution in [0.3, 0.4) is 0 Å². The first-order chi connectivity index (χ1) is 11.0. The second-order valence-corrected chi connectivity index (χ2v) is 7.35. The molecule has 0 aliphatic rings. The van der Waals surface area contributed by atoms with Crippen LogP contribution in [0.2, 0.25) is 0 Å². The number of hydrogen-bond acceptors (Lipinski definition) is 5. The molecule has 0 aliphatic heterocycles. The van der Waals surface area contributed by atoms with Crippen molar-refractivity contribution in [2.24, 2.45) is 0 Å². The van der Waals surface area contributed by atoms with E-state index in [1.807, 2.05) is 42.6 Å². The molecule has 2 aromatic rings. The van der Waals surface area contributed by atoms with E-state index in [0.717, 1.165) is 9.77 Å². The quantitative estimate of drug-likeness (QED) is 0.635. The Kier molecular flexibility index (Phi) is 6.24. The van der Waals surface area contributed by atoms with E-state index in [2.05, 4.69) is 5.32 Å². The maximum Gasteiger partial charge on any atom is 0.318 e. The number of methoxy groups -OCH3 is 1. The number of thioether (sulfide) groups is 1. The summed E-state index contributed by atoms with van der Waals surface area (Å²) in [7, 11) is 1.36. The number of thiophene rings is 1. The third-order valence-corrected chi connectivity index (χ3v) is 5.50. The van der Waals surface area contributed by atoms with Gasteiger partial charge in [-0.3, -0.25) is 9.59 Å². The lowest BCUT2D eigenvalue weighted by Gasteiger charge is -2.15. The van der Waals surface area contributed by atoms with Crippen LogP contribution >= 0.6 is 23.1 Å². The van der Waals surface area contributed by atoms with Gasteiger partial charge in [-0.1, -0.05) is 18.2 Å². The molecule has 0 aliphatic carbocycles. The van der Waals surface area contributed by atoms with Gasteiger partial charge in [0.2, 0.25) is 0 Å². The van der Waals surface area contributed by atoms with Gasteiger partial charge in [0.25, 0.3) is 5.91 Å². The van der Waals surface area contributed by atoms with Crippen LogP contribution in [0.4, 0.5) is 0 Å². The maximum absolute atomic E-state index is 12.6. The molecular formula is C17H19NO3S2. The van der Waals surface area contributed by atoms with Gasteiger partial charge in [0.15, 0.2) is 0 Å². The molecule has 0 fully saturated rings. The number of esters is 1. The number of ether oxygens (including phenoxy) is 1. The van der Waals surface area contributed by atoms with E-state index in [1.165, 1.54) is 18.9 Å². The summed E-state index contributed by atoms with van der Waals surface area (Å²) in [6.07, 6.45) is 0. The Morgan fingerprint density at radius 3 is 2.57 bits per heavy atom. The van der Waals surface area contributed by atoms with Crippen molar-refractivity contribution in [3.8, 4) is 0 Å². The Labute approximate surface area is 144 Å². The van der Waals surface area contributed by atoms with Gasteiger partial charge in [-0.15, -0.1) is 23.1 Å². The molecule has 1 heterocycles. The molecule has 0 spiro atoms. The van der Waals surface area contributed by atoms with Gasteiger partial charge < -0.3 is 10.1 Å². The van der Waals surface area contributed by atoms with Crippen molar-refractivity contribution >= 4 is 35.0 Å². The third-order valence-electron chi connectivity index (χ3n) is 3.29. The molecule has 1 aromatic carbocycles. The zero-order valence-corrected chi connectivity index (χ0v) is 14.9. The van der Waals surface area contributed by atoms with Crippen LogP contribution in [0.5, 0.6) is 0 Å². The summed E-state index contributed by atoms with van der Waals surface area (Å²) >= 11 is 2.93. The molecule has 2 rings (SSSR count). The van der Waals surface area contributed by atoms with Crippen molar-refractivity contribution in [3.63, 3.8) is 0 Å². The summed E-state index contributed by atoms with van der Waals surface area (Å²) in [5, 5.41) is 4.61. The first-order valence-electron chi connectivity index (χ1n) is 7.20. The fourth-order valence-electron chi connectivity index (χ4n) is 2.04. The van der Waals surface area contributed by atoms with Gasteiger partial charge in [0.05, 0.1) is 18.7 Å². The van der Waals surface area contributed by atoms with Crippen LogP contribution in [0.25, 0.3) is 0 Å². The average Bonchev–Trinajstić information content (AvgIpc) is 3.09. The molecule has 0 saturated heterocycles. The maximum atomic E-state index is 12.6. The summed E-state index contributed by atoms with van der Waals surface area (Å²) in [5.41, 5.74) is 0.566. The van der Waals surface area contributed by atoms with Gasteiger partial charge in [-0.05, 0) is 37.4 Å². The first-order valence-corrected chi connectivity index (χ1v) is 8.96. The molecule has 23 heavy (non-hydrogen) atoms. The molecule has 0 bridgehead atoms. The minimum Gasteiger partial charge on any atom is -0.468 e. The van der Waals surface area contributed by atoms with E-state index in [1.54, 1.807) is 24.3 Å². The zero-order valence-electron chi connectivity index (χ0n) is 13.2. The lowest BCUT2D eigenvalue weighted by molar-refractivity contribution is -0.139. The SMILES string of the molecule is COC(=O)[C@H](C)Sc1ccccc1C(=O)N[C@@H](C)c1cccs1. The summed E-state index contributed by atoms with van der Waals surface area (Å²) in [5.74, 6) is -0.455. The van der Waals surface area contributed by atoms with Crippen molar-refractivity contribution in [1.29, 1.82) is 0 Å². The first kappa shape index (κ1) is 17.6. The summed E-state index contributed by atoms with van der Waals surface area (Å²) in [6.45, 7) is 3.72. The minimum absolute atomic E-state index is 0.0569. The minimum atomic E-state index is -0.372. The number of benzene rings is 1. The van der Waals surface area contributed by atoms with Gasteiger partial charge >= 0.3 is 5.97 Å². The monoisotopic (exact) mass is 349 g/mol. The van der Waals surface area contributed by atoms with E-state index in [0.29, 0.717) is 5.56 Å².